The van der Waals surface area contributed by atoms with Crippen LogP contribution in [-0.2, 0) is 5.75 Å². The van der Waals surface area contributed by atoms with E-state index in [9.17, 15) is 4.79 Å². The molecule has 33 heavy (non-hydrogen) atoms. The number of hydrogen-bond acceptors (Lipinski definition) is 6. The first kappa shape index (κ1) is 21.3. The summed E-state index contributed by atoms with van der Waals surface area (Å²) in [6.45, 7) is 0. The van der Waals surface area contributed by atoms with Crippen LogP contribution in [0.3, 0.4) is 0 Å². The molecule has 0 unspecified atom stereocenters. The molecule has 0 bridgehead atoms. The summed E-state index contributed by atoms with van der Waals surface area (Å²) < 4.78 is 12.3. The third kappa shape index (κ3) is 4.37. The van der Waals surface area contributed by atoms with Crippen LogP contribution in [0.4, 0.5) is 0 Å². The molecule has 5 rings (SSSR count). The van der Waals surface area contributed by atoms with Crippen molar-refractivity contribution in [3.8, 4) is 22.7 Å². The number of aromatic nitrogens is 3. The molecule has 2 aromatic heterocycles. The molecule has 5 aromatic rings. The predicted molar refractivity (Wildman–Crippen MR) is 130 cm³/mol. The summed E-state index contributed by atoms with van der Waals surface area (Å²) in [6, 6.07) is 23.9. The monoisotopic (exact) mass is 475 g/mol. The highest BCUT2D eigenvalue weighted by molar-refractivity contribution is 7.98. The van der Waals surface area contributed by atoms with Crippen LogP contribution in [0.15, 0.2) is 93.3 Å². The topological polar surface area (TPSA) is 70.2 Å². The molecule has 2 heterocycles. The summed E-state index contributed by atoms with van der Waals surface area (Å²) >= 11 is 7.46. The molecule has 3 aromatic carbocycles. The van der Waals surface area contributed by atoms with E-state index in [-0.39, 0.29) is 5.56 Å². The molecular weight excluding hydrogens is 458 g/mol. The number of para-hydroxylation sites is 1. The summed E-state index contributed by atoms with van der Waals surface area (Å²) in [5.74, 6) is 1.91. The second-order valence-corrected chi connectivity index (χ2v) is 8.60. The van der Waals surface area contributed by atoms with Crippen molar-refractivity contribution in [1.82, 2.24) is 14.7 Å². The number of fused-ring (bicyclic) bond motifs is 1. The highest BCUT2D eigenvalue weighted by atomic mass is 35.5. The molecule has 0 radical (unpaired) electrons. The highest BCUT2D eigenvalue weighted by Gasteiger charge is 2.15. The number of ether oxygens (including phenoxy) is 1. The molecule has 164 valence electrons. The lowest BCUT2D eigenvalue weighted by Gasteiger charge is -2.12. The molecule has 0 atom stereocenters. The Labute approximate surface area is 198 Å². The first-order chi connectivity index (χ1) is 16.1. The number of methoxy groups -OCH3 is 1. The lowest BCUT2D eigenvalue weighted by atomic mass is 10.1. The Morgan fingerprint density at radius 3 is 2.55 bits per heavy atom. The van der Waals surface area contributed by atoms with Crippen molar-refractivity contribution < 1.29 is 9.26 Å². The standard InChI is InChI=1S/C25H18ClN3O3S/c1-31-19-12-6-16(7-13-19)23-14-20(32-28-23)15-33-25-27-22-5-3-2-4-21(22)24(30)29(25)18-10-8-17(26)9-11-18/h2-14H,15H2,1H3. The maximum Gasteiger partial charge on any atom is 0.266 e. The van der Waals surface area contributed by atoms with Gasteiger partial charge in [-0.1, -0.05) is 40.7 Å². The van der Waals surface area contributed by atoms with Crippen molar-refractivity contribution >= 4 is 34.3 Å². The predicted octanol–water partition coefficient (Wildman–Crippen LogP) is 6.00. The summed E-state index contributed by atoms with van der Waals surface area (Å²) in [5.41, 5.74) is 2.86. The highest BCUT2D eigenvalue weighted by Crippen LogP contribution is 2.28. The number of hydrogen-bond donors (Lipinski definition) is 0. The van der Waals surface area contributed by atoms with Gasteiger partial charge in [-0.3, -0.25) is 9.36 Å². The van der Waals surface area contributed by atoms with Crippen molar-refractivity contribution in [2.75, 3.05) is 7.11 Å². The van der Waals surface area contributed by atoms with Gasteiger partial charge >= 0.3 is 0 Å². The van der Waals surface area contributed by atoms with E-state index in [0.717, 1.165) is 17.0 Å². The number of nitrogens with zero attached hydrogens (tertiary/aromatic N) is 3. The van der Waals surface area contributed by atoms with Crippen LogP contribution in [0.1, 0.15) is 5.76 Å². The average molecular weight is 476 g/mol. The van der Waals surface area contributed by atoms with Gasteiger partial charge in [0.15, 0.2) is 5.16 Å². The molecule has 8 heteroatoms. The van der Waals surface area contributed by atoms with Gasteiger partial charge < -0.3 is 9.26 Å². The third-order valence-corrected chi connectivity index (χ3v) is 6.33. The first-order valence-electron chi connectivity index (χ1n) is 10.1. The molecule has 0 aliphatic heterocycles. The minimum atomic E-state index is -0.137. The second kappa shape index (κ2) is 9.13. The molecule has 0 fully saturated rings. The molecule has 0 aliphatic carbocycles. The zero-order valence-electron chi connectivity index (χ0n) is 17.6. The molecule has 0 aliphatic rings. The summed E-state index contributed by atoms with van der Waals surface area (Å²) in [6.07, 6.45) is 0. The van der Waals surface area contributed by atoms with Crippen molar-refractivity contribution in [3.63, 3.8) is 0 Å². The van der Waals surface area contributed by atoms with E-state index in [1.54, 1.807) is 42.0 Å². The molecule has 0 N–H and O–H groups in total. The zero-order valence-corrected chi connectivity index (χ0v) is 19.1. The van der Waals surface area contributed by atoms with Gasteiger partial charge in [0.05, 0.1) is 29.5 Å². The Balaban J connectivity index is 1.47. The van der Waals surface area contributed by atoms with Gasteiger partial charge in [0.1, 0.15) is 17.2 Å². The van der Waals surface area contributed by atoms with Crippen molar-refractivity contribution in [2.24, 2.45) is 0 Å². The molecule has 0 saturated heterocycles. The SMILES string of the molecule is COc1ccc(-c2cc(CSc3nc4ccccc4c(=O)n3-c3ccc(Cl)cc3)on2)cc1. The van der Waals surface area contributed by atoms with E-state index in [1.807, 2.05) is 48.5 Å². The van der Waals surface area contributed by atoms with Crippen LogP contribution < -0.4 is 10.3 Å². The zero-order chi connectivity index (χ0) is 22.8. The minimum absolute atomic E-state index is 0.137. The summed E-state index contributed by atoms with van der Waals surface area (Å²) in [5, 5.41) is 5.89. The Morgan fingerprint density at radius 2 is 1.79 bits per heavy atom. The lowest BCUT2D eigenvalue weighted by Crippen LogP contribution is -2.21. The van der Waals surface area contributed by atoms with Gasteiger partial charge in [-0.25, -0.2) is 4.98 Å². The second-order valence-electron chi connectivity index (χ2n) is 7.22. The van der Waals surface area contributed by atoms with E-state index in [2.05, 4.69) is 5.16 Å². The van der Waals surface area contributed by atoms with Crippen LogP contribution >= 0.6 is 23.4 Å². The van der Waals surface area contributed by atoms with Gasteiger partial charge in [-0.2, -0.15) is 0 Å². The minimum Gasteiger partial charge on any atom is -0.497 e. The lowest BCUT2D eigenvalue weighted by molar-refractivity contribution is 0.397. The van der Waals surface area contributed by atoms with Crippen LogP contribution in [-0.4, -0.2) is 21.8 Å². The van der Waals surface area contributed by atoms with Crippen LogP contribution in [0, 0.1) is 0 Å². The molecule has 0 spiro atoms. The molecule has 6 nitrogen and oxygen atoms in total. The normalized spacial score (nSPS) is 11.1. The van der Waals surface area contributed by atoms with Crippen molar-refractivity contribution in [3.05, 3.63) is 100.0 Å². The maximum absolute atomic E-state index is 13.3. The number of thioether (sulfide) groups is 1. The van der Waals surface area contributed by atoms with E-state index in [0.29, 0.717) is 38.3 Å². The fraction of sp³-hybridized carbons (Fsp3) is 0.0800. The van der Waals surface area contributed by atoms with Gasteiger partial charge in [-0.15, -0.1) is 0 Å². The maximum atomic E-state index is 13.3. The Bertz CT molecular complexity index is 1480. The quantitative estimate of drug-likeness (QED) is 0.222. The number of rotatable bonds is 6. The number of benzene rings is 3. The molecule has 0 amide bonds. The van der Waals surface area contributed by atoms with Crippen molar-refractivity contribution in [1.29, 1.82) is 0 Å². The van der Waals surface area contributed by atoms with E-state index in [4.69, 9.17) is 25.8 Å². The molecule has 0 saturated carbocycles. The van der Waals surface area contributed by atoms with Crippen LogP contribution in [0.2, 0.25) is 5.02 Å². The fourth-order valence-corrected chi connectivity index (χ4v) is 4.46. The average Bonchev–Trinajstić information content (AvgIpc) is 3.33. The van der Waals surface area contributed by atoms with Crippen LogP contribution in [0.25, 0.3) is 27.8 Å². The Kier molecular flexibility index (Phi) is 5.90. The van der Waals surface area contributed by atoms with Gasteiger partial charge in [0.2, 0.25) is 0 Å². The smallest absolute Gasteiger partial charge is 0.266 e. The Hall–Kier alpha value is -3.55. The summed E-state index contributed by atoms with van der Waals surface area (Å²) in [7, 11) is 1.63. The van der Waals surface area contributed by atoms with E-state index in [1.165, 1.54) is 11.8 Å². The van der Waals surface area contributed by atoms with E-state index < -0.39 is 0 Å². The largest absolute Gasteiger partial charge is 0.497 e. The Morgan fingerprint density at radius 1 is 1.03 bits per heavy atom. The fourth-order valence-electron chi connectivity index (χ4n) is 3.44. The van der Waals surface area contributed by atoms with Gasteiger partial charge in [0, 0.05) is 16.7 Å². The van der Waals surface area contributed by atoms with Crippen molar-refractivity contribution in [2.45, 2.75) is 10.9 Å². The van der Waals surface area contributed by atoms with Gasteiger partial charge in [-0.05, 0) is 60.7 Å². The third-order valence-electron chi connectivity index (χ3n) is 5.12. The summed E-state index contributed by atoms with van der Waals surface area (Å²) in [4.78, 5) is 18.1. The number of halogens is 1. The van der Waals surface area contributed by atoms with E-state index >= 15 is 0 Å². The van der Waals surface area contributed by atoms with Gasteiger partial charge in [0.25, 0.3) is 5.56 Å². The van der Waals surface area contributed by atoms with Crippen LogP contribution in [0.5, 0.6) is 5.75 Å². The molecular formula is C25H18ClN3O3S. The first-order valence-corrected chi connectivity index (χ1v) is 11.5.